The molecule has 1 heterocycles. The molecule has 0 aliphatic carbocycles. The summed E-state index contributed by atoms with van der Waals surface area (Å²) < 4.78 is 26.0. The van der Waals surface area contributed by atoms with Gasteiger partial charge in [0, 0.05) is 26.0 Å². The molecule has 1 aromatic rings. The average Bonchev–Trinajstić information content (AvgIpc) is 2.82. The van der Waals surface area contributed by atoms with Crippen molar-refractivity contribution >= 4 is 29.9 Å². The molecular weight excluding hydrogens is 367 g/mol. The summed E-state index contributed by atoms with van der Waals surface area (Å²) in [6, 6.07) is 0. The van der Waals surface area contributed by atoms with Crippen molar-refractivity contribution in [1.82, 2.24) is 20.2 Å². The molecule has 0 aromatic carbocycles. The Labute approximate surface area is 128 Å². The van der Waals surface area contributed by atoms with E-state index in [2.05, 4.69) is 27.5 Å². The molecule has 0 aliphatic rings. The lowest BCUT2D eigenvalue weighted by Crippen LogP contribution is -2.37. The van der Waals surface area contributed by atoms with Crippen molar-refractivity contribution in [3.8, 4) is 0 Å². The lowest BCUT2D eigenvalue weighted by molar-refractivity contribution is 0.0668. The molecule has 0 aliphatic heterocycles. The first kappa shape index (κ1) is 18.1. The van der Waals surface area contributed by atoms with Crippen LogP contribution in [0.5, 0.6) is 0 Å². The number of nitrogens with zero attached hydrogens (tertiary/aromatic N) is 3. The summed E-state index contributed by atoms with van der Waals surface area (Å²) in [5.74, 6) is 0.871. The van der Waals surface area contributed by atoms with Gasteiger partial charge in [-0.15, -0.1) is 24.0 Å². The van der Waals surface area contributed by atoms with Crippen LogP contribution in [0.25, 0.3) is 0 Å². The summed E-state index contributed by atoms with van der Waals surface area (Å²) in [6.45, 7) is 0.541. The second-order valence-corrected chi connectivity index (χ2v) is 3.73. The van der Waals surface area contributed by atoms with Gasteiger partial charge in [0.25, 0.3) is 0 Å². The van der Waals surface area contributed by atoms with Crippen LogP contribution in [-0.4, -0.2) is 29.1 Å². The average molecular weight is 387 g/mol. The zero-order valence-corrected chi connectivity index (χ0v) is 13.4. The number of alkyl halides is 2. The molecule has 0 spiro atoms. The molecule has 0 saturated heterocycles. The van der Waals surface area contributed by atoms with Gasteiger partial charge in [0.2, 0.25) is 0 Å². The zero-order chi connectivity index (χ0) is 13.4. The summed E-state index contributed by atoms with van der Waals surface area (Å²) in [5.41, 5.74) is 0. The largest absolute Gasteiger partial charge is 0.356 e. The summed E-state index contributed by atoms with van der Waals surface area (Å²) in [6.07, 6.45) is 4.73. The van der Waals surface area contributed by atoms with Crippen molar-refractivity contribution < 1.29 is 8.78 Å². The van der Waals surface area contributed by atoms with Crippen LogP contribution in [0.3, 0.4) is 0 Å². The number of aromatic nitrogens is 2. The fourth-order valence-corrected chi connectivity index (χ4v) is 1.43. The minimum Gasteiger partial charge on any atom is -0.356 e. The molecule has 1 aromatic heterocycles. The molecule has 0 bridgehead atoms. The molecule has 0 fully saturated rings. The number of imidazole rings is 1. The number of aliphatic imine (C=N–C) groups is 1. The van der Waals surface area contributed by atoms with E-state index < -0.39 is 6.55 Å². The Morgan fingerprint density at radius 3 is 2.79 bits per heavy atom. The van der Waals surface area contributed by atoms with Gasteiger partial charge >= 0.3 is 6.55 Å². The number of halogens is 3. The summed E-state index contributed by atoms with van der Waals surface area (Å²) in [7, 11) is 1.64. The molecule has 1 rings (SSSR count). The first-order valence-electron chi connectivity index (χ1n) is 5.93. The Kier molecular flexibility index (Phi) is 9.44. The second kappa shape index (κ2) is 9.93. The minimum absolute atomic E-state index is 0. The van der Waals surface area contributed by atoms with E-state index in [0.717, 1.165) is 24.0 Å². The van der Waals surface area contributed by atoms with E-state index in [1.807, 2.05) is 0 Å². The second-order valence-electron chi connectivity index (χ2n) is 3.73. The van der Waals surface area contributed by atoms with Crippen LogP contribution in [0.4, 0.5) is 8.78 Å². The molecule has 19 heavy (non-hydrogen) atoms. The number of unbranched alkanes of at least 4 members (excludes halogenated alkanes) is 1. The maximum Gasteiger partial charge on any atom is 0.319 e. The van der Waals surface area contributed by atoms with Crippen LogP contribution < -0.4 is 10.6 Å². The lowest BCUT2D eigenvalue weighted by Gasteiger charge is -2.12. The molecule has 0 amide bonds. The normalized spacial score (nSPS) is 11.3. The summed E-state index contributed by atoms with van der Waals surface area (Å²) >= 11 is 0. The Bertz CT molecular complexity index is 381. The highest BCUT2D eigenvalue weighted by Crippen LogP contribution is 2.11. The molecule has 8 heteroatoms. The van der Waals surface area contributed by atoms with E-state index in [0.29, 0.717) is 5.96 Å². The SMILES string of the molecule is CCCCNC(=NC)NCc1nccn1C(F)F.I. The van der Waals surface area contributed by atoms with Crippen LogP contribution in [-0.2, 0) is 6.54 Å². The third kappa shape index (κ3) is 6.17. The van der Waals surface area contributed by atoms with Crippen molar-refractivity contribution in [2.75, 3.05) is 13.6 Å². The van der Waals surface area contributed by atoms with Crippen LogP contribution >= 0.6 is 24.0 Å². The smallest absolute Gasteiger partial charge is 0.319 e. The molecule has 0 unspecified atom stereocenters. The van der Waals surface area contributed by atoms with Gasteiger partial charge in [0.15, 0.2) is 5.96 Å². The van der Waals surface area contributed by atoms with E-state index in [4.69, 9.17) is 0 Å². The first-order valence-corrected chi connectivity index (χ1v) is 5.93. The fourth-order valence-electron chi connectivity index (χ4n) is 1.43. The van der Waals surface area contributed by atoms with Gasteiger partial charge in [-0.1, -0.05) is 13.3 Å². The highest BCUT2D eigenvalue weighted by molar-refractivity contribution is 14.0. The monoisotopic (exact) mass is 387 g/mol. The summed E-state index contributed by atoms with van der Waals surface area (Å²) in [4.78, 5) is 7.88. The molecule has 2 N–H and O–H groups in total. The maximum absolute atomic E-state index is 12.6. The highest BCUT2D eigenvalue weighted by atomic mass is 127. The van der Waals surface area contributed by atoms with E-state index in [-0.39, 0.29) is 36.3 Å². The van der Waals surface area contributed by atoms with Gasteiger partial charge in [0.1, 0.15) is 5.82 Å². The van der Waals surface area contributed by atoms with E-state index in [9.17, 15) is 8.78 Å². The van der Waals surface area contributed by atoms with Crippen molar-refractivity contribution in [1.29, 1.82) is 0 Å². The van der Waals surface area contributed by atoms with Crippen LogP contribution in [0, 0.1) is 0 Å². The third-order valence-corrected chi connectivity index (χ3v) is 2.42. The summed E-state index contributed by atoms with van der Waals surface area (Å²) in [5, 5.41) is 6.04. The molecule has 110 valence electrons. The molecular formula is C11H20F2IN5. The molecule has 0 radical (unpaired) electrons. The Hall–Kier alpha value is -0.930. The topological polar surface area (TPSA) is 54.2 Å². The first-order chi connectivity index (χ1) is 8.69. The number of hydrogen-bond donors (Lipinski definition) is 2. The highest BCUT2D eigenvalue weighted by Gasteiger charge is 2.11. The van der Waals surface area contributed by atoms with Crippen LogP contribution in [0.15, 0.2) is 17.4 Å². The van der Waals surface area contributed by atoms with Crippen molar-refractivity contribution in [3.05, 3.63) is 18.2 Å². The van der Waals surface area contributed by atoms with Gasteiger partial charge in [-0.3, -0.25) is 9.56 Å². The Morgan fingerprint density at radius 2 is 2.21 bits per heavy atom. The van der Waals surface area contributed by atoms with E-state index >= 15 is 0 Å². The van der Waals surface area contributed by atoms with Crippen molar-refractivity contribution in [3.63, 3.8) is 0 Å². The van der Waals surface area contributed by atoms with Gasteiger partial charge in [0.05, 0.1) is 6.54 Å². The minimum atomic E-state index is -2.57. The van der Waals surface area contributed by atoms with Gasteiger partial charge in [-0.25, -0.2) is 4.98 Å². The molecule has 0 saturated carbocycles. The standard InChI is InChI=1S/C11H19F2N5.HI/c1-3-4-5-16-11(14-2)17-8-9-15-6-7-18(9)10(12)13;/h6-7,10H,3-5,8H2,1-2H3,(H2,14,16,17);1H. The predicted molar refractivity (Wildman–Crippen MR) is 82.0 cm³/mol. The lowest BCUT2D eigenvalue weighted by atomic mass is 10.3. The molecule has 0 atom stereocenters. The number of rotatable bonds is 6. The van der Waals surface area contributed by atoms with Crippen LogP contribution in [0.2, 0.25) is 0 Å². The van der Waals surface area contributed by atoms with Gasteiger partial charge < -0.3 is 10.6 Å². The van der Waals surface area contributed by atoms with Gasteiger partial charge in [-0.2, -0.15) is 8.78 Å². The maximum atomic E-state index is 12.6. The van der Waals surface area contributed by atoms with Gasteiger partial charge in [-0.05, 0) is 6.42 Å². The number of nitrogens with one attached hydrogen (secondary N) is 2. The fraction of sp³-hybridized carbons (Fsp3) is 0.636. The van der Waals surface area contributed by atoms with E-state index in [1.165, 1.54) is 12.4 Å². The van der Waals surface area contributed by atoms with E-state index in [1.54, 1.807) is 7.05 Å². The quantitative estimate of drug-likeness (QED) is 0.341. The predicted octanol–water partition coefficient (Wildman–Crippen LogP) is 2.36. The van der Waals surface area contributed by atoms with Crippen molar-refractivity contribution in [2.24, 2.45) is 4.99 Å². The molecule has 5 nitrogen and oxygen atoms in total. The number of guanidine groups is 1. The zero-order valence-electron chi connectivity index (χ0n) is 11.1. The Balaban J connectivity index is 0.00000324. The van der Waals surface area contributed by atoms with Crippen molar-refractivity contribution in [2.45, 2.75) is 32.9 Å². The van der Waals surface area contributed by atoms with Crippen LogP contribution in [0.1, 0.15) is 32.1 Å². The number of hydrogen-bond acceptors (Lipinski definition) is 2. The Morgan fingerprint density at radius 1 is 1.47 bits per heavy atom. The third-order valence-electron chi connectivity index (χ3n) is 2.42.